The second-order valence-electron chi connectivity index (χ2n) is 4.51. The number of pyridine rings is 1. The van der Waals surface area contributed by atoms with Gasteiger partial charge in [0.15, 0.2) is 19.5 Å². The van der Waals surface area contributed by atoms with E-state index in [0.29, 0.717) is 16.9 Å². The van der Waals surface area contributed by atoms with Crippen LogP contribution in [0.25, 0.3) is 0 Å². The molecular weight excluding hydrogens is 336 g/mol. The maximum absolute atomic E-state index is 11.6. The molecule has 24 heavy (non-hydrogen) atoms. The number of hydrogen-bond acceptors (Lipinski definition) is 6. The van der Waals surface area contributed by atoms with Crippen LogP contribution in [0.2, 0.25) is 5.02 Å². The van der Waals surface area contributed by atoms with Crippen LogP contribution in [0.5, 0.6) is 5.75 Å². The lowest BCUT2D eigenvalue weighted by Gasteiger charge is -2.08. The average molecular weight is 349 g/mol. The maximum atomic E-state index is 11.6. The van der Waals surface area contributed by atoms with Crippen molar-refractivity contribution in [1.82, 2.24) is 4.98 Å². The number of halogens is 1. The Bertz CT molecular complexity index is 734. The van der Waals surface area contributed by atoms with Crippen molar-refractivity contribution in [2.45, 2.75) is 0 Å². The first-order chi connectivity index (χ1) is 11.6. The number of hydrogen-bond donors (Lipinski definition) is 1. The largest absolute Gasteiger partial charge is 0.481 e. The standard InChI is InChI=1S/C16H13ClN2O5/c17-12-5-6-14(18-7-12)19-15(21)9-24-16(22)10-23-13-4-2-1-3-11(13)8-20/h1-8H,9-10H2,(H,18,19,21). The number of aldehydes is 1. The van der Waals surface area contributed by atoms with Gasteiger partial charge in [-0.2, -0.15) is 0 Å². The topological polar surface area (TPSA) is 94.6 Å². The fourth-order valence-electron chi connectivity index (χ4n) is 1.66. The molecule has 1 aromatic carbocycles. The third-order valence-corrected chi connectivity index (χ3v) is 2.97. The summed E-state index contributed by atoms with van der Waals surface area (Å²) in [5.74, 6) is -0.739. The number of rotatable bonds is 7. The number of amides is 1. The average Bonchev–Trinajstić information content (AvgIpc) is 2.60. The number of carbonyl (C=O) groups is 3. The van der Waals surface area contributed by atoms with Crippen LogP contribution in [-0.4, -0.2) is 36.4 Å². The molecule has 1 amide bonds. The van der Waals surface area contributed by atoms with E-state index in [1.54, 1.807) is 30.3 Å². The molecule has 0 saturated carbocycles. The van der Waals surface area contributed by atoms with Gasteiger partial charge in [-0.25, -0.2) is 9.78 Å². The highest BCUT2D eigenvalue weighted by Crippen LogP contribution is 2.15. The summed E-state index contributed by atoms with van der Waals surface area (Å²) in [5.41, 5.74) is 0.317. The molecule has 2 rings (SSSR count). The predicted octanol–water partition coefficient (Wildman–Crippen LogP) is 2.11. The summed E-state index contributed by atoms with van der Waals surface area (Å²) in [6.07, 6.45) is 1.99. The van der Waals surface area contributed by atoms with Gasteiger partial charge in [0.1, 0.15) is 11.6 Å². The zero-order valence-corrected chi connectivity index (χ0v) is 13.2. The molecule has 7 nitrogen and oxygen atoms in total. The van der Waals surface area contributed by atoms with E-state index in [1.807, 2.05) is 0 Å². The van der Waals surface area contributed by atoms with Gasteiger partial charge in [0.05, 0.1) is 10.6 Å². The first kappa shape index (κ1) is 17.4. The summed E-state index contributed by atoms with van der Waals surface area (Å²) >= 11 is 5.68. The van der Waals surface area contributed by atoms with E-state index < -0.39 is 25.1 Å². The smallest absolute Gasteiger partial charge is 0.344 e. The van der Waals surface area contributed by atoms with Crippen molar-refractivity contribution >= 4 is 35.6 Å². The van der Waals surface area contributed by atoms with Crippen molar-refractivity contribution in [2.75, 3.05) is 18.5 Å². The molecule has 0 radical (unpaired) electrons. The van der Waals surface area contributed by atoms with Crippen LogP contribution >= 0.6 is 11.6 Å². The number of para-hydroxylation sites is 1. The van der Waals surface area contributed by atoms with Gasteiger partial charge >= 0.3 is 5.97 Å². The molecule has 0 spiro atoms. The highest BCUT2D eigenvalue weighted by atomic mass is 35.5. The molecule has 0 aliphatic rings. The van der Waals surface area contributed by atoms with Gasteiger partial charge in [0.25, 0.3) is 5.91 Å². The number of carbonyl (C=O) groups excluding carboxylic acids is 3. The minimum absolute atomic E-state index is 0.263. The Hall–Kier alpha value is -2.93. The van der Waals surface area contributed by atoms with Crippen LogP contribution in [-0.2, 0) is 14.3 Å². The van der Waals surface area contributed by atoms with Gasteiger partial charge in [-0.1, -0.05) is 23.7 Å². The normalized spacial score (nSPS) is 9.88. The van der Waals surface area contributed by atoms with E-state index in [4.69, 9.17) is 21.1 Å². The molecule has 0 aliphatic heterocycles. The lowest BCUT2D eigenvalue weighted by Crippen LogP contribution is -2.24. The maximum Gasteiger partial charge on any atom is 0.344 e. The van der Waals surface area contributed by atoms with Crippen molar-refractivity contribution in [3.8, 4) is 5.75 Å². The van der Waals surface area contributed by atoms with Gasteiger partial charge in [-0.05, 0) is 24.3 Å². The Labute approximate surface area is 142 Å². The van der Waals surface area contributed by atoms with Gasteiger partial charge in [0.2, 0.25) is 0 Å². The minimum Gasteiger partial charge on any atom is -0.481 e. The summed E-state index contributed by atoms with van der Waals surface area (Å²) in [7, 11) is 0. The van der Waals surface area contributed by atoms with Crippen molar-refractivity contribution in [3.63, 3.8) is 0 Å². The van der Waals surface area contributed by atoms with Crippen LogP contribution in [0.3, 0.4) is 0 Å². The molecule has 0 aliphatic carbocycles. The molecule has 0 saturated heterocycles. The van der Waals surface area contributed by atoms with E-state index >= 15 is 0 Å². The molecule has 0 atom stereocenters. The lowest BCUT2D eigenvalue weighted by atomic mass is 10.2. The molecule has 0 fully saturated rings. The van der Waals surface area contributed by atoms with Crippen LogP contribution in [0, 0.1) is 0 Å². The van der Waals surface area contributed by atoms with Crippen LogP contribution < -0.4 is 10.1 Å². The predicted molar refractivity (Wildman–Crippen MR) is 86.2 cm³/mol. The van der Waals surface area contributed by atoms with Gasteiger partial charge in [-0.3, -0.25) is 9.59 Å². The fraction of sp³-hybridized carbons (Fsp3) is 0.125. The molecule has 1 heterocycles. The summed E-state index contributed by atoms with van der Waals surface area (Å²) in [5, 5.41) is 2.88. The second-order valence-corrected chi connectivity index (χ2v) is 4.95. The molecule has 1 aromatic heterocycles. The summed E-state index contributed by atoms with van der Waals surface area (Å²) in [6, 6.07) is 9.52. The lowest BCUT2D eigenvalue weighted by molar-refractivity contribution is -0.149. The van der Waals surface area contributed by atoms with Crippen molar-refractivity contribution in [2.24, 2.45) is 0 Å². The van der Waals surface area contributed by atoms with E-state index in [0.717, 1.165) is 0 Å². The molecule has 1 N–H and O–H groups in total. The highest BCUT2D eigenvalue weighted by molar-refractivity contribution is 6.30. The second kappa shape index (κ2) is 8.64. The SMILES string of the molecule is O=Cc1ccccc1OCC(=O)OCC(=O)Nc1ccc(Cl)cn1. The molecule has 124 valence electrons. The number of nitrogens with one attached hydrogen (secondary N) is 1. The first-order valence-electron chi connectivity index (χ1n) is 6.82. The van der Waals surface area contributed by atoms with E-state index in [2.05, 4.69) is 10.3 Å². The van der Waals surface area contributed by atoms with Crippen LogP contribution in [0.4, 0.5) is 5.82 Å². The summed E-state index contributed by atoms with van der Waals surface area (Å²) in [6.45, 7) is -0.904. The Morgan fingerprint density at radius 1 is 1.17 bits per heavy atom. The summed E-state index contributed by atoms with van der Waals surface area (Å²) < 4.78 is 9.97. The summed E-state index contributed by atoms with van der Waals surface area (Å²) in [4.78, 5) is 37.9. The Balaban J connectivity index is 1.75. The number of anilines is 1. The first-order valence-corrected chi connectivity index (χ1v) is 7.20. The van der Waals surface area contributed by atoms with Crippen molar-refractivity contribution in [3.05, 3.63) is 53.2 Å². The molecular formula is C16H13ClN2O5. The zero-order valence-electron chi connectivity index (χ0n) is 12.4. The third-order valence-electron chi connectivity index (χ3n) is 2.75. The Kier molecular flexibility index (Phi) is 6.27. The van der Waals surface area contributed by atoms with E-state index in [-0.39, 0.29) is 11.6 Å². The van der Waals surface area contributed by atoms with Crippen LogP contribution in [0.1, 0.15) is 10.4 Å². The Morgan fingerprint density at radius 2 is 1.96 bits per heavy atom. The third kappa shape index (κ3) is 5.36. The highest BCUT2D eigenvalue weighted by Gasteiger charge is 2.10. The fourth-order valence-corrected chi connectivity index (χ4v) is 1.77. The van der Waals surface area contributed by atoms with Gasteiger partial charge in [-0.15, -0.1) is 0 Å². The Morgan fingerprint density at radius 3 is 2.67 bits per heavy atom. The molecule has 8 heteroatoms. The number of aromatic nitrogens is 1. The number of benzene rings is 1. The number of ether oxygens (including phenoxy) is 2. The van der Waals surface area contributed by atoms with Gasteiger partial charge in [0, 0.05) is 6.20 Å². The van der Waals surface area contributed by atoms with Gasteiger partial charge < -0.3 is 14.8 Å². The van der Waals surface area contributed by atoms with Crippen LogP contribution in [0.15, 0.2) is 42.6 Å². The minimum atomic E-state index is -0.741. The van der Waals surface area contributed by atoms with Crippen molar-refractivity contribution in [1.29, 1.82) is 0 Å². The zero-order chi connectivity index (χ0) is 17.4. The van der Waals surface area contributed by atoms with E-state index in [1.165, 1.54) is 12.3 Å². The monoisotopic (exact) mass is 348 g/mol. The quantitative estimate of drug-likeness (QED) is 0.608. The molecule has 0 unspecified atom stereocenters. The number of esters is 1. The van der Waals surface area contributed by atoms with E-state index in [9.17, 15) is 14.4 Å². The van der Waals surface area contributed by atoms with Crippen molar-refractivity contribution < 1.29 is 23.9 Å². The molecule has 2 aromatic rings. The number of nitrogens with zero attached hydrogens (tertiary/aromatic N) is 1. The molecule has 0 bridgehead atoms.